The van der Waals surface area contributed by atoms with Crippen LogP contribution >= 0.6 is 0 Å². The van der Waals surface area contributed by atoms with Gasteiger partial charge in [0.2, 0.25) is 0 Å². The van der Waals surface area contributed by atoms with Crippen molar-refractivity contribution in [3.8, 4) is 0 Å². The van der Waals surface area contributed by atoms with Gasteiger partial charge in [-0.15, -0.1) is 0 Å². The van der Waals surface area contributed by atoms with Crippen LogP contribution < -0.4 is 0 Å². The zero-order valence-electron chi connectivity index (χ0n) is 13.0. The number of hydrogen-bond donors (Lipinski definition) is 1. The number of nitrogens with one attached hydrogen (secondary N) is 1. The molecule has 22 heavy (non-hydrogen) atoms. The van der Waals surface area contributed by atoms with E-state index in [1.165, 1.54) is 33.3 Å². The summed E-state index contributed by atoms with van der Waals surface area (Å²) in [5.74, 6) is 0. The van der Waals surface area contributed by atoms with Crippen LogP contribution in [-0.4, -0.2) is 4.98 Å². The van der Waals surface area contributed by atoms with Crippen molar-refractivity contribution in [2.75, 3.05) is 0 Å². The van der Waals surface area contributed by atoms with E-state index in [2.05, 4.69) is 67.4 Å². The van der Waals surface area contributed by atoms with Crippen LogP contribution in [0.1, 0.15) is 42.7 Å². The van der Waals surface area contributed by atoms with Gasteiger partial charge >= 0.3 is 0 Å². The summed E-state index contributed by atoms with van der Waals surface area (Å²) >= 11 is 0. The smallest absolute Gasteiger partial charge is 0.0462 e. The molecular weight excluding hydrogens is 266 g/mol. The Kier molecular flexibility index (Phi) is 2.19. The van der Waals surface area contributed by atoms with Crippen LogP contribution in [0.15, 0.2) is 48.5 Å². The Morgan fingerprint density at radius 1 is 0.909 bits per heavy atom. The first-order valence-corrected chi connectivity index (χ1v) is 8.11. The van der Waals surface area contributed by atoms with Crippen LogP contribution in [0.25, 0.3) is 22.0 Å². The molecule has 5 rings (SSSR count). The molecule has 108 valence electrons. The second kappa shape index (κ2) is 3.92. The third-order valence-corrected chi connectivity index (χ3v) is 5.51. The molecule has 2 aromatic carbocycles. The maximum Gasteiger partial charge on any atom is 0.0462 e. The lowest BCUT2D eigenvalue weighted by atomic mass is 9.75. The highest BCUT2D eigenvalue weighted by atomic mass is 14.7. The Bertz CT molecular complexity index is 953. The van der Waals surface area contributed by atoms with Gasteiger partial charge in [0.1, 0.15) is 0 Å². The first-order chi connectivity index (χ1) is 10.7. The van der Waals surface area contributed by atoms with Gasteiger partial charge in [0.15, 0.2) is 0 Å². The molecule has 1 heterocycles. The van der Waals surface area contributed by atoms with E-state index in [0.717, 1.165) is 12.8 Å². The van der Waals surface area contributed by atoms with E-state index in [1.807, 2.05) is 0 Å². The molecule has 1 aromatic heterocycles. The van der Waals surface area contributed by atoms with Crippen molar-refractivity contribution in [3.05, 3.63) is 70.9 Å². The quantitative estimate of drug-likeness (QED) is 0.575. The van der Waals surface area contributed by atoms with Crippen LogP contribution in [0, 0.1) is 0 Å². The lowest BCUT2D eigenvalue weighted by molar-refractivity contribution is 0.701. The van der Waals surface area contributed by atoms with E-state index < -0.39 is 0 Å². The monoisotopic (exact) mass is 285 g/mol. The van der Waals surface area contributed by atoms with E-state index in [0.29, 0.717) is 0 Å². The van der Waals surface area contributed by atoms with Gasteiger partial charge in [-0.05, 0) is 41.2 Å². The van der Waals surface area contributed by atoms with E-state index in [1.54, 1.807) is 11.1 Å². The lowest BCUT2D eigenvalue weighted by Crippen LogP contribution is -2.18. The van der Waals surface area contributed by atoms with Gasteiger partial charge < -0.3 is 4.98 Å². The van der Waals surface area contributed by atoms with Crippen molar-refractivity contribution in [3.63, 3.8) is 0 Å². The summed E-state index contributed by atoms with van der Waals surface area (Å²) in [6, 6.07) is 17.7. The van der Waals surface area contributed by atoms with Gasteiger partial charge in [0.05, 0.1) is 0 Å². The van der Waals surface area contributed by atoms with Gasteiger partial charge in [-0.25, -0.2) is 0 Å². The molecule has 1 N–H and O–H groups in total. The second-order valence-corrected chi connectivity index (χ2v) is 7.05. The van der Waals surface area contributed by atoms with Gasteiger partial charge in [0.25, 0.3) is 0 Å². The zero-order valence-corrected chi connectivity index (χ0v) is 13.0. The Labute approximate surface area is 130 Å². The minimum atomic E-state index is 0.0893. The van der Waals surface area contributed by atoms with E-state index in [4.69, 9.17) is 0 Å². The highest BCUT2D eigenvalue weighted by Gasteiger charge is 2.41. The van der Waals surface area contributed by atoms with Crippen molar-refractivity contribution in [1.82, 2.24) is 4.98 Å². The van der Waals surface area contributed by atoms with E-state index in [-0.39, 0.29) is 5.41 Å². The third-order valence-electron chi connectivity index (χ3n) is 5.51. The molecule has 0 bridgehead atoms. The summed E-state index contributed by atoms with van der Waals surface area (Å²) in [5, 5.41) is 1.38. The number of aryl methyl sites for hydroxylation is 1. The number of hydrogen-bond acceptors (Lipinski definition) is 0. The first kappa shape index (κ1) is 12.3. The fraction of sp³-hybridized carbons (Fsp3) is 0.238. The molecule has 1 heteroatoms. The average Bonchev–Trinajstić information content (AvgIpc) is 3.02. The van der Waals surface area contributed by atoms with E-state index in [9.17, 15) is 0 Å². The molecular formula is C21H19N. The van der Waals surface area contributed by atoms with Crippen LogP contribution in [0.4, 0.5) is 0 Å². The van der Waals surface area contributed by atoms with Gasteiger partial charge in [-0.1, -0.05) is 56.3 Å². The summed E-state index contributed by atoms with van der Waals surface area (Å²) in [5.41, 5.74) is 10.3. The molecule has 1 nitrogen and oxygen atoms in total. The summed E-state index contributed by atoms with van der Waals surface area (Å²) in [4.78, 5) is 3.66. The Morgan fingerprint density at radius 3 is 2.59 bits per heavy atom. The van der Waals surface area contributed by atoms with Crippen molar-refractivity contribution >= 4 is 22.0 Å². The molecule has 0 radical (unpaired) electrons. The molecule has 0 fully saturated rings. The number of aromatic amines is 1. The van der Waals surface area contributed by atoms with Crippen molar-refractivity contribution in [2.45, 2.75) is 32.1 Å². The molecule has 0 spiro atoms. The van der Waals surface area contributed by atoms with Crippen molar-refractivity contribution in [2.24, 2.45) is 0 Å². The van der Waals surface area contributed by atoms with Gasteiger partial charge in [-0.2, -0.15) is 0 Å². The summed E-state index contributed by atoms with van der Waals surface area (Å²) in [6.07, 6.45) is 2.27. The minimum absolute atomic E-state index is 0.0893. The summed E-state index contributed by atoms with van der Waals surface area (Å²) < 4.78 is 0. The van der Waals surface area contributed by atoms with Crippen LogP contribution in [0.2, 0.25) is 0 Å². The van der Waals surface area contributed by atoms with Gasteiger partial charge in [0, 0.05) is 27.6 Å². The van der Waals surface area contributed by atoms with Crippen LogP contribution in [-0.2, 0) is 11.8 Å². The predicted octanol–water partition coefficient (Wildman–Crippen LogP) is 5.32. The van der Waals surface area contributed by atoms with E-state index >= 15 is 0 Å². The highest BCUT2D eigenvalue weighted by molar-refractivity contribution is 6.09. The fourth-order valence-corrected chi connectivity index (χ4v) is 4.58. The topological polar surface area (TPSA) is 15.8 Å². The van der Waals surface area contributed by atoms with Crippen molar-refractivity contribution in [1.29, 1.82) is 0 Å². The molecule has 2 aliphatic rings. The largest absolute Gasteiger partial charge is 0.358 e. The van der Waals surface area contributed by atoms with Crippen LogP contribution in [0.5, 0.6) is 0 Å². The molecule has 0 amide bonds. The standard InChI is InChI=1S/C21H19N/c1-21(2)16-9-5-3-7-13(16)14-11-12-18-19(20(14)21)15-8-4-6-10-17(15)22-18/h3-10,22H,11-12H2,1-2H3. The third kappa shape index (κ3) is 1.34. The molecule has 0 unspecified atom stereocenters. The summed E-state index contributed by atoms with van der Waals surface area (Å²) in [6.45, 7) is 4.76. The molecule has 0 saturated heterocycles. The predicted molar refractivity (Wildman–Crippen MR) is 92.9 cm³/mol. The highest BCUT2D eigenvalue weighted by Crippen LogP contribution is 2.56. The SMILES string of the molecule is CC1(C)C2=C(CCc3[nH]c4ccccc4c32)c2ccccc21. The number of para-hydroxylation sites is 1. The fourth-order valence-electron chi connectivity index (χ4n) is 4.58. The normalized spacial score (nSPS) is 18.3. The number of benzene rings is 2. The van der Waals surface area contributed by atoms with Crippen molar-refractivity contribution < 1.29 is 0 Å². The maximum atomic E-state index is 3.66. The Hall–Kier alpha value is -2.28. The number of allylic oxidation sites excluding steroid dienone is 2. The Morgan fingerprint density at radius 2 is 1.68 bits per heavy atom. The molecule has 3 aromatic rings. The molecule has 0 atom stereocenters. The lowest BCUT2D eigenvalue weighted by Gasteiger charge is -2.27. The first-order valence-electron chi connectivity index (χ1n) is 8.11. The number of fused-ring (bicyclic) bond motifs is 6. The number of aromatic nitrogens is 1. The zero-order chi connectivity index (χ0) is 14.9. The average molecular weight is 285 g/mol. The number of rotatable bonds is 0. The molecule has 0 aliphatic heterocycles. The Balaban J connectivity index is 1.90. The number of H-pyrrole nitrogens is 1. The molecule has 2 aliphatic carbocycles. The maximum absolute atomic E-state index is 3.66. The van der Waals surface area contributed by atoms with Gasteiger partial charge in [-0.3, -0.25) is 0 Å². The van der Waals surface area contributed by atoms with Crippen LogP contribution in [0.3, 0.4) is 0 Å². The second-order valence-electron chi connectivity index (χ2n) is 7.05. The molecule has 0 saturated carbocycles. The summed E-state index contributed by atoms with van der Waals surface area (Å²) in [7, 11) is 0. The minimum Gasteiger partial charge on any atom is -0.358 e.